The Labute approximate surface area is 106 Å². The number of amides is 1. The Balaban J connectivity index is 2.11. The second kappa shape index (κ2) is 5.53. The van der Waals surface area contributed by atoms with Crippen molar-refractivity contribution >= 4 is 11.8 Å². The summed E-state index contributed by atoms with van der Waals surface area (Å²) in [5, 5.41) is 4.09. The van der Waals surface area contributed by atoms with Crippen LogP contribution in [0, 0.1) is 0 Å². The van der Waals surface area contributed by atoms with Crippen LogP contribution in [0.3, 0.4) is 0 Å². The van der Waals surface area contributed by atoms with Gasteiger partial charge in [0.2, 0.25) is 0 Å². The molecule has 0 aliphatic heterocycles. The van der Waals surface area contributed by atoms with Crippen molar-refractivity contribution in [1.29, 1.82) is 0 Å². The summed E-state index contributed by atoms with van der Waals surface area (Å²) in [5.41, 5.74) is 5.52. The van der Waals surface area contributed by atoms with E-state index in [0.29, 0.717) is 6.61 Å². The fourth-order valence-corrected chi connectivity index (χ4v) is 1.97. The second-order valence-corrected chi connectivity index (χ2v) is 3.91. The zero-order valence-corrected chi connectivity index (χ0v) is 10.5. The minimum absolute atomic E-state index is 0.338. The van der Waals surface area contributed by atoms with Crippen molar-refractivity contribution in [2.75, 3.05) is 13.7 Å². The van der Waals surface area contributed by atoms with Crippen molar-refractivity contribution in [1.82, 2.24) is 5.43 Å². The van der Waals surface area contributed by atoms with Crippen LogP contribution in [0.2, 0.25) is 0 Å². The molecule has 5 nitrogen and oxygen atoms in total. The number of rotatable bonds is 3. The van der Waals surface area contributed by atoms with Gasteiger partial charge in [0.15, 0.2) is 0 Å². The molecule has 1 aliphatic rings. The van der Waals surface area contributed by atoms with E-state index in [1.807, 2.05) is 18.2 Å². The molecule has 0 saturated heterocycles. The van der Waals surface area contributed by atoms with E-state index in [9.17, 15) is 4.79 Å². The van der Waals surface area contributed by atoms with Crippen LogP contribution in [0.4, 0.5) is 4.79 Å². The molecule has 0 bridgehead atoms. The summed E-state index contributed by atoms with van der Waals surface area (Å²) < 4.78 is 9.92. The number of nitrogens with one attached hydrogen (secondary N) is 1. The summed E-state index contributed by atoms with van der Waals surface area (Å²) in [6.45, 7) is 2.09. The molecule has 0 unspecified atom stereocenters. The van der Waals surface area contributed by atoms with Crippen molar-refractivity contribution in [3.63, 3.8) is 0 Å². The highest BCUT2D eigenvalue weighted by Gasteiger charge is 2.18. The fraction of sp³-hybridized carbons (Fsp3) is 0.385. The largest absolute Gasteiger partial charge is 0.497 e. The van der Waals surface area contributed by atoms with Gasteiger partial charge >= 0.3 is 6.09 Å². The van der Waals surface area contributed by atoms with E-state index in [1.54, 1.807) is 14.0 Å². The van der Waals surface area contributed by atoms with Crippen molar-refractivity contribution < 1.29 is 14.3 Å². The smallest absolute Gasteiger partial charge is 0.427 e. The Bertz CT molecular complexity index is 483. The molecule has 0 fully saturated rings. The van der Waals surface area contributed by atoms with Gasteiger partial charge in [-0.1, -0.05) is 0 Å². The molecule has 0 heterocycles. The second-order valence-electron chi connectivity index (χ2n) is 3.91. The van der Waals surface area contributed by atoms with Gasteiger partial charge in [-0.05, 0) is 43.5 Å². The lowest BCUT2D eigenvalue weighted by Gasteiger charge is -2.04. The maximum Gasteiger partial charge on any atom is 0.427 e. The first-order valence-electron chi connectivity index (χ1n) is 5.91. The van der Waals surface area contributed by atoms with Gasteiger partial charge in [-0.3, -0.25) is 0 Å². The number of nitrogens with zero attached hydrogens (tertiary/aromatic N) is 1. The molecule has 0 saturated carbocycles. The average Bonchev–Trinajstić information content (AvgIpc) is 2.78. The molecule has 1 aliphatic carbocycles. The van der Waals surface area contributed by atoms with Crippen LogP contribution >= 0.6 is 0 Å². The predicted octanol–water partition coefficient (Wildman–Crippen LogP) is 2.09. The summed E-state index contributed by atoms with van der Waals surface area (Å²) >= 11 is 0. The van der Waals surface area contributed by atoms with E-state index in [1.165, 1.54) is 5.56 Å². The molecule has 0 atom stereocenters. The van der Waals surface area contributed by atoms with Gasteiger partial charge in [-0.2, -0.15) is 5.10 Å². The predicted molar refractivity (Wildman–Crippen MR) is 68.0 cm³/mol. The molecule has 1 aromatic rings. The SMILES string of the molecule is CCOC(=O)NN=C1CCc2cc(OC)ccc21. The molecular formula is C13H16N2O3. The number of hydrogen-bond acceptors (Lipinski definition) is 4. The standard InChI is InChI=1S/C13H16N2O3/c1-3-18-13(16)15-14-12-7-4-9-8-10(17-2)5-6-11(9)12/h5-6,8H,3-4,7H2,1-2H3,(H,15,16). The Morgan fingerprint density at radius 1 is 1.44 bits per heavy atom. The first-order chi connectivity index (χ1) is 8.74. The Hall–Kier alpha value is -2.04. The third-order valence-corrected chi connectivity index (χ3v) is 2.81. The Kier molecular flexibility index (Phi) is 3.82. The lowest BCUT2D eigenvalue weighted by molar-refractivity contribution is 0.152. The quantitative estimate of drug-likeness (QED) is 0.833. The lowest BCUT2D eigenvalue weighted by Crippen LogP contribution is -2.20. The van der Waals surface area contributed by atoms with Gasteiger partial charge in [0.05, 0.1) is 19.4 Å². The normalized spacial score (nSPS) is 15.3. The van der Waals surface area contributed by atoms with Gasteiger partial charge in [0.25, 0.3) is 0 Å². The minimum Gasteiger partial charge on any atom is -0.497 e. The molecule has 5 heteroatoms. The van der Waals surface area contributed by atoms with E-state index in [0.717, 1.165) is 29.9 Å². The van der Waals surface area contributed by atoms with Crippen molar-refractivity contribution in [3.8, 4) is 5.75 Å². The maximum atomic E-state index is 11.2. The summed E-state index contributed by atoms with van der Waals surface area (Å²) in [4.78, 5) is 11.2. The molecule has 0 aromatic heterocycles. The van der Waals surface area contributed by atoms with Crippen LogP contribution in [0.15, 0.2) is 23.3 Å². The molecule has 2 rings (SSSR count). The number of ether oxygens (including phenoxy) is 2. The summed E-state index contributed by atoms with van der Waals surface area (Å²) in [6, 6.07) is 5.86. The molecule has 96 valence electrons. The third-order valence-electron chi connectivity index (χ3n) is 2.81. The van der Waals surface area contributed by atoms with Crippen LogP contribution in [0.25, 0.3) is 0 Å². The number of benzene rings is 1. The van der Waals surface area contributed by atoms with E-state index < -0.39 is 6.09 Å². The average molecular weight is 248 g/mol. The molecule has 0 radical (unpaired) electrons. The van der Waals surface area contributed by atoms with Gasteiger partial charge in [0.1, 0.15) is 5.75 Å². The first-order valence-corrected chi connectivity index (χ1v) is 5.91. The minimum atomic E-state index is -0.521. The highest BCUT2D eigenvalue weighted by Crippen LogP contribution is 2.26. The highest BCUT2D eigenvalue weighted by atomic mass is 16.5. The van der Waals surface area contributed by atoms with Crippen LogP contribution in [0.1, 0.15) is 24.5 Å². The number of methoxy groups -OCH3 is 1. The van der Waals surface area contributed by atoms with Gasteiger partial charge in [0, 0.05) is 5.56 Å². The Morgan fingerprint density at radius 3 is 3.00 bits per heavy atom. The molecular weight excluding hydrogens is 232 g/mol. The highest BCUT2D eigenvalue weighted by molar-refractivity contribution is 6.04. The number of fused-ring (bicyclic) bond motifs is 1. The van der Waals surface area contributed by atoms with Gasteiger partial charge in [-0.15, -0.1) is 0 Å². The van der Waals surface area contributed by atoms with E-state index >= 15 is 0 Å². The maximum absolute atomic E-state index is 11.2. The number of carbonyl (C=O) groups excluding carboxylic acids is 1. The zero-order chi connectivity index (χ0) is 13.0. The third kappa shape index (κ3) is 2.61. The van der Waals surface area contributed by atoms with Crippen molar-refractivity contribution in [2.24, 2.45) is 5.10 Å². The van der Waals surface area contributed by atoms with E-state index in [4.69, 9.17) is 9.47 Å². The monoisotopic (exact) mass is 248 g/mol. The van der Waals surface area contributed by atoms with Crippen molar-refractivity contribution in [2.45, 2.75) is 19.8 Å². The number of hydrazone groups is 1. The van der Waals surface area contributed by atoms with Crippen LogP contribution in [-0.4, -0.2) is 25.5 Å². The van der Waals surface area contributed by atoms with E-state index in [-0.39, 0.29) is 0 Å². The number of hydrogen-bond donors (Lipinski definition) is 1. The Morgan fingerprint density at radius 2 is 2.28 bits per heavy atom. The molecule has 1 aromatic carbocycles. The van der Waals surface area contributed by atoms with Crippen LogP contribution < -0.4 is 10.2 Å². The molecule has 18 heavy (non-hydrogen) atoms. The van der Waals surface area contributed by atoms with Crippen LogP contribution in [-0.2, 0) is 11.2 Å². The van der Waals surface area contributed by atoms with Crippen molar-refractivity contribution in [3.05, 3.63) is 29.3 Å². The van der Waals surface area contributed by atoms with E-state index in [2.05, 4.69) is 10.5 Å². The fourth-order valence-electron chi connectivity index (χ4n) is 1.97. The first kappa shape index (κ1) is 12.4. The van der Waals surface area contributed by atoms with Gasteiger partial charge in [-0.25, -0.2) is 10.2 Å². The number of carbonyl (C=O) groups is 1. The zero-order valence-electron chi connectivity index (χ0n) is 10.5. The molecule has 0 spiro atoms. The summed E-state index contributed by atoms with van der Waals surface area (Å²) in [5.74, 6) is 0.841. The molecule has 1 N–H and O–H groups in total. The summed E-state index contributed by atoms with van der Waals surface area (Å²) in [7, 11) is 1.65. The topological polar surface area (TPSA) is 59.9 Å². The van der Waals surface area contributed by atoms with Gasteiger partial charge < -0.3 is 9.47 Å². The molecule has 1 amide bonds. The van der Waals surface area contributed by atoms with Crippen LogP contribution in [0.5, 0.6) is 5.75 Å². The summed E-state index contributed by atoms with van der Waals surface area (Å²) in [6.07, 6.45) is 1.21. The lowest BCUT2D eigenvalue weighted by atomic mass is 10.1. The number of aryl methyl sites for hydroxylation is 1.